The number of hydrogen-bond acceptors (Lipinski definition) is 1. The van der Waals surface area contributed by atoms with Gasteiger partial charge in [0.2, 0.25) is 0 Å². The van der Waals surface area contributed by atoms with Gasteiger partial charge in [-0.2, -0.15) is 0 Å². The van der Waals surface area contributed by atoms with E-state index in [0.29, 0.717) is 0 Å². The average Bonchev–Trinajstić information content (AvgIpc) is 2.37. The Balaban J connectivity index is 3.07. The highest BCUT2D eigenvalue weighted by Gasteiger charge is 2.41. The molecule has 0 unspecified atom stereocenters. The summed E-state index contributed by atoms with van der Waals surface area (Å²) >= 11 is 3.47. The molecule has 0 aliphatic rings. The number of rotatable bonds is 6. The maximum absolute atomic E-state index is 11.1. The Kier molecular flexibility index (Phi) is 5.79. The van der Waals surface area contributed by atoms with Gasteiger partial charge in [-0.05, 0) is 51.3 Å². The first-order chi connectivity index (χ1) is 9.23. The molecule has 0 bridgehead atoms. The number of benzene rings is 1. The van der Waals surface area contributed by atoms with E-state index in [4.69, 9.17) is 0 Å². The van der Waals surface area contributed by atoms with Gasteiger partial charge in [0, 0.05) is 9.89 Å². The van der Waals surface area contributed by atoms with Crippen LogP contribution in [0.2, 0.25) is 0 Å². The van der Waals surface area contributed by atoms with Crippen molar-refractivity contribution in [2.75, 3.05) is 0 Å². The lowest BCUT2D eigenvalue weighted by molar-refractivity contribution is -0.0441. The Morgan fingerprint density at radius 1 is 1.35 bits per heavy atom. The fourth-order valence-electron chi connectivity index (χ4n) is 2.33. The minimum atomic E-state index is -0.950. The molecule has 20 heavy (non-hydrogen) atoms. The third-order valence-electron chi connectivity index (χ3n) is 4.17. The predicted octanol–water partition coefficient (Wildman–Crippen LogP) is 5.60. The first kappa shape index (κ1) is 17.2. The van der Waals surface area contributed by atoms with Crippen LogP contribution in [0.1, 0.15) is 46.1 Å². The van der Waals surface area contributed by atoms with Gasteiger partial charge in [-0.3, -0.25) is 0 Å². The van der Waals surface area contributed by atoms with Crippen molar-refractivity contribution in [1.82, 2.24) is 0 Å². The molecule has 1 N–H and O–H groups in total. The number of halogens is 1. The van der Waals surface area contributed by atoms with E-state index in [1.165, 1.54) is 5.57 Å². The Hall–Kier alpha value is -0.860. The summed E-state index contributed by atoms with van der Waals surface area (Å²) in [5.41, 5.74) is 0.887. The van der Waals surface area contributed by atoms with Gasteiger partial charge in [-0.15, -0.1) is 6.58 Å². The van der Waals surface area contributed by atoms with Gasteiger partial charge in [0.25, 0.3) is 0 Å². The second-order valence-corrected chi connectivity index (χ2v) is 6.94. The smallest absolute Gasteiger partial charge is 0.0956 e. The first-order valence-electron chi connectivity index (χ1n) is 6.98. The molecule has 1 aromatic rings. The molecule has 0 spiro atoms. The van der Waals surface area contributed by atoms with Crippen molar-refractivity contribution in [3.63, 3.8) is 0 Å². The van der Waals surface area contributed by atoms with E-state index < -0.39 is 5.60 Å². The van der Waals surface area contributed by atoms with Crippen LogP contribution in [0.15, 0.2) is 53.0 Å². The largest absolute Gasteiger partial charge is 0.385 e. The van der Waals surface area contributed by atoms with Crippen molar-refractivity contribution >= 4 is 15.9 Å². The van der Waals surface area contributed by atoms with Crippen LogP contribution in [-0.4, -0.2) is 5.11 Å². The summed E-state index contributed by atoms with van der Waals surface area (Å²) < 4.78 is 0.978. The monoisotopic (exact) mass is 336 g/mol. The number of aliphatic hydroxyl groups is 1. The van der Waals surface area contributed by atoms with Gasteiger partial charge in [0.15, 0.2) is 0 Å². The summed E-state index contributed by atoms with van der Waals surface area (Å²) in [5, 5.41) is 11.1. The van der Waals surface area contributed by atoms with Crippen molar-refractivity contribution in [2.24, 2.45) is 5.41 Å². The second-order valence-electron chi connectivity index (χ2n) is 6.02. The molecule has 0 aliphatic carbocycles. The molecule has 110 valence electrons. The standard InChI is InChI=1S/C18H25BrO/c1-6-17(4,12-8-9-14(2)3)18(5,20)15-10-7-11-16(19)13-15/h6-7,9-11,13,20H,1,8,12H2,2-5H3/t17-,18-/m1/s1. The van der Waals surface area contributed by atoms with E-state index in [1.54, 1.807) is 0 Å². The highest BCUT2D eigenvalue weighted by atomic mass is 79.9. The van der Waals surface area contributed by atoms with Gasteiger partial charge >= 0.3 is 0 Å². The zero-order valence-electron chi connectivity index (χ0n) is 12.9. The SMILES string of the molecule is C=C[C@](C)(CCC=C(C)C)[C@](C)(O)c1cccc(Br)c1. The summed E-state index contributed by atoms with van der Waals surface area (Å²) in [6.45, 7) is 12.1. The van der Waals surface area contributed by atoms with Gasteiger partial charge < -0.3 is 5.11 Å². The van der Waals surface area contributed by atoms with Crippen molar-refractivity contribution < 1.29 is 5.11 Å². The zero-order chi connectivity index (χ0) is 15.4. The lowest BCUT2D eigenvalue weighted by atomic mass is 9.68. The fraction of sp³-hybridized carbons (Fsp3) is 0.444. The number of hydrogen-bond donors (Lipinski definition) is 1. The summed E-state index contributed by atoms with van der Waals surface area (Å²) in [6.07, 6.45) is 5.89. The minimum absolute atomic E-state index is 0.375. The maximum atomic E-state index is 11.1. The molecule has 0 saturated heterocycles. The van der Waals surface area contributed by atoms with Gasteiger partial charge in [-0.1, -0.05) is 52.7 Å². The molecule has 0 aliphatic heterocycles. The maximum Gasteiger partial charge on any atom is 0.0956 e. The van der Waals surface area contributed by atoms with Gasteiger partial charge in [-0.25, -0.2) is 0 Å². The van der Waals surface area contributed by atoms with E-state index in [2.05, 4.69) is 49.4 Å². The molecule has 1 aromatic carbocycles. The Bertz CT molecular complexity index is 498. The van der Waals surface area contributed by atoms with Crippen LogP contribution in [0.5, 0.6) is 0 Å². The third kappa shape index (κ3) is 3.83. The first-order valence-corrected chi connectivity index (χ1v) is 7.77. The van der Waals surface area contributed by atoms with Crippen molar-refractivity contribution in [3.8, 4) is 0 Å². The summed E-state index contributed by atoms with van der Waals surface area (Å²) in [7, 11) is 0. The molecule has 2 heteroatoms. The predicted molar refractivity (Wildman–Crippen MR) is 90.7 cm³/mol. The topological polar surface area (TPSA) is 20.2 Å². The minimum Gasteiger partial charge on any atom is -0.385 e. The molecule has 0 amide bonds. The summed E-state index contributed by atoms with van der Waals surface area (Å²) in [4.78, 5) is 0. The van der Waals surface area contributed by atoms with E-state index >= 15 is 0 Å². The van der Waals surface area contributed by atoms with Crippen LogP contribution >= 0.6 is 15.9 Å². The molecular formula is C18H25BrO. The third-order valence-corrected chi connectivity index (χ3v) is 4.66. The lowest BCUT2D eigenvalue weighted by Gasteiger charge is -2.41. The molecule has 2 atom stereocenters. The van der Waals surface area contributed by atoms with Crippen molar-refractivity contribution in [2.45, 2.75) is 46.1 Å². The second kappa shape index (κ2) is 6.73. The zero-order valence-corrected chi connectivity index (χ0v) is 14.5. The van der Waals surface area contributed by atoms with E-state index in [-0.39, 0.29) is 5.41 Å². The average molecular weight is 337 g/mol. The molecule has 1 rings (SSSR count). The van der Waals surface area contributed by atoms with Gasteiger partial charge in [0.05, 0.1) is 5.60 Å². The Morgan fingerprint density at radius 3 is 2.50 bits per heavy atom. The normalized spacial score (nSPS) is 16.9. The van der Waals surface area contributed by atoms with Crippen LogP contribution in [0.4, 0.5) is 0 Å². The van der Waals surface area contributed by atoms with Crippen molar-refractivity contribution in [3.05, 3.63) is 58.6 Å². The molecule has 0 heterocycles. The van der Waals surface area contributed by atoms with Crippen LogP contribution in [0.3, 0.4) is 0 Å². The van der Waals surface area contributed by atoms with Crippen LogP contribution in [-0.2, 0) is 5.60 Å². The molecule has 0 radical (unpaired) electrons. The number of allylic oxidation sites excluding steroid dienone is 2. The van der Waals surface area contributed by atoms with Gasteiger partial charge in [0.1, 0.15) is 0 Å². The van der Waals surface area contributed by atoms with Crippen LogP contribution in [0.25, 0.3) is 0 Å². The molecule has 0 saturated carbocycles. The van der Waals surface area contributed by atoms with Crippen LogP contribution in [0, 0.1) is 5.41 Å². The van der Waals surface area contributed by atoms with E-state index in [9.17, 15) is 5.11 Å². The van der Waals surface area contributed by atoms with Crippen molar-refractivity contribution in [1.29, 1.82) is 0 Å². The highest BCUT2D eigenvalue weighted by molar-refractivity contribution is 9.10. The Labute approximate surface area is 131 Å². The molecule has 0 aromatic heterocycles. The summed E-state index contributed by atoms with van der Waals surface area (Å²) in [5.74, 6) is 0. The van der Waals surface area contributed by atoms with Crippen LogP contribution < -0.4 is 0 Å². The Morgan fingerprint density at radius 2 is 2.00 bits per heavy atom. The highest BCUT2D eigenvalue weighted by Crippen LogP contribution is 2.44. The molecule has 0 fully saturated rings. The summed E-state index contributed by atoms with van der Waals surface area (Å²) in [6, 6.07) is 7.86. The van der Waals surface area contributed by atoms with E-state index in [0.717, 1.165) is 22.9 Å². The van der Waals surface area contributed by atoms with E-state index in [1.807, 2.05) is 37.3 Å². The quantitative estimate of drug-likeness (QED) is 0.670. The molecule has 1 nitrogen and oxygen atoms in total. The lowest BCUT2D eigenvalue weighted by Crippen LogP contribution is -2.40. The molecular weight excluding hydrogens is 312 g/mol. The fourth-order valence-corrected chi connectivity index (χ4v) is 2.73.